The van der Waals surface area contributed by atoms with E-state index >= 15 is 0 Å². The minimum Gasteiger partial charge on any atom is -0.488 e. The van der Waals surface area contributed by atoms with Gasteiger partial charge in [0.05, 0.1) is 36.9 Å². The van der Waals surface area contributed by atoms with Crippen LogP contribution in [0.2, 0.25) is 0 Å². The van der Waals surface area contributed by atoms with Gasteiger partial charge in [0.15, 0.2) is 0 Å². The fourth-order valence-corrected chi connectivity index (χ4v) is 5.66. The molecule has 0 radical (unpaired) electrons. The van der Waals surface area contributed by atoms with E-state index in [1.807, 2.05) is 49.4 Å². The Labute approximate surface area is 281 Å². The predicted molar refractivity (Wildman–Crippen MR) is 182 cm³/mol. The van der Waals surface area contributed by atoms with Crippen molar-refractivity contribution in [3.8, 4) is 5.75 Å². The number of ether oxygens (including phenoxy) is 1. The zero-order valence-corrected chi connectivity index (χ0v) is 27.3. The van der Waals surface area contributed by atoms with Crippen LogP contribution in [0.15, 0.2) is 84.9 Å². The van der Waals surface area contributed by atoms with E-state index in [-0.39, 0.29) is 49.7 Å². The number of nitrogens with one attached hydrogen (secondary N) is 3. The quantitative estimate of drug-likeness (QED) is 0.171. The summed E-state index contributed by atoms with van der Waals surface area (Å²) >= 11 is 0. The van der Waals surface area contributed by atoms with Crippen molar-refractivity contribution in [2.24, 2.45) is 5.92 Å². The second kappa shape index (κ2) is 14.9. The highest BCUT2D eigenvalue weighted by molar-refractivity contribution is 6.01. The van der Waals surface area contributed by atoms with Gasteiger partial charge < -0.3 is 35.6 Å². The Kier molecular flexibility index (Phi) is 10.6. The Bertz CT molecular complexity index is 1810. The van der Waals surface area contributed by atoms with Crippen molar-refractivity contribution < 1.29 is 37.4 Å². The second-order valence-corrected chi connectivity index (χ2v) is 12.2. The van der Waals surface area contributed by atoms with Gasteiger partial charge in [0.2, 0.25) is 5.91 Å². The molecule has 0 saturated heterocycles. The van der Waals surface area contributed by atoms with Crippen molar-refractivity contribution in [2.75, 3.05) is 42.7 Å². The first-order valence-corrected chi connectivity index (χ1v) is 15.8. The third kappa shape index (κ3) is 8.60. The van der Waals surface area contributed by atoms with Gasteiger partial charge in [0.25, 0.3) is 0 Å². The van der Waals surface area contributed by atoms with Crippen LogP contribution in [0.1, 0.15) is 25.0 Å². The van der Waals surface area contributed by atoms with Crippen LogP contribution in [0.3, 0.4) is 0 Å². The van der Waals surface area contributed by atoms with E-state index in [9.17, 15) is 32.7 Å². The van der Waals surface area contributed by atoms with Crippen LogP contribution in [-0.4, -0.2) is 71.8 Å². The second-order valence-electron chi connectivity index (χ2n) is 12.2. The third-order valence-corrected chi connectivity index (χ3v) is 8.48. The first-order valence-electron chi connectivity index (χ1n) is 15.8. The number of nitrogens with zero attached hydrogens (tertiary/aromatic N) is 2. The van der Waals surface area contributed by atoms with E-state index in [0.29, 0.717) is 22.7 Å². The maximum absolute atomic E-state index is 13.6. The fraction of sp³-hybridized carbons (Fsp3) is 0.306. The molecule has 258 valence electrons. The number of anilines is 3. The Morgan fingerprint density at radius 2 is 1.65 bits per heavy atom. The molecule has 13 heteroatoms. The van der Waals surface area contributed by atoms with E-state index < -0.39 is 29.9 Å². The molecule has 4 aromatic rings. The number of aliphatic hydroxyl groups is 1. The Morgan fingerprint density at radius 1 is 0.980 bits per heavy atom. The Hall–Kier alpha value is -5.30. The number of rotatable bonds is 7. The van der Waals surface area contributed by atoms with Crippen molar-refractivity contribution in [1.82, 2.24) is 9.80 Å². The molecule has 0 unspecified atom stereocenters. The summed E-state index contributed by atoms with van der Waals surface area (Å²) in [6.07, 6.45) is -5.16. The molecule has 10 nitrogen and oxygen atoms in total. The van der Waals surface area contributed by atoms with E-state index in [1.54, 1.807) is 37.1 Å². The molecule has 5 rings (SSSR count). The summed E-state index contributed by atoms with van der Waals surface area (Å²) in [5.41, 5.74) is 0.770. The summed E-state index contributed by atoms with van der Waals surface area (Å²) in [5.74, 6) is -0.128. The van der Waals surface area contributed by atoms with Crippen molar-refractivity contribution >= 4 is 45.8 Å². The van der Waals surface area contributed by atoms with Gasteiger partial charge >= 0.3 is 18.2 Å². The lowest BCUT2D eigenvalue weighted by molar-refractivity contribution is -0.137. The van der Waals surface area contributed by atoms with Crippen LogP contribution in [0.4, 0.5) is 39.8 Å². The molecule has 49 heavy (non-hydrogen) atoms. The number of hydrogen-bond donors (Lipinski definition) is 4. The van der Waals surface area contributed by atoms with Crippen molar-refractivity contribution in [2.45, 2.75) is 38.6 Å². The number of amides is 5. The molecule has 0 aromatic heterocycles. The molecule has 0 spiro atoms. The lowest BCUT2D eigenvalue weighted by Gasteiger charge is -2.34. The molecule has 1 aliphatic heterocycles. The average Bonchev–Trinajstić information content (AvgIpc) is 3.11. The predicted octanol–water partition coefficient (Wildman–Crippen LogP) is 6.82. The van der Waals surface area contributed by atoms with Gasteiger partial charge in [-0.05, 0) is 60.8 Å². The molecule has 0 fully saturated rings. The van der Waals surface area contributed by atoms with Crippen LogP contribution in [0.25, 0.3) is 10.8 Å². The molecule has 1 heterocycles. The third-order valence-electron chi connectivity index (χ3n) is 8.48. The van der Waals surface area contributed by atoms with Gasteiger partial charge in [-0.1, -0.05) is 43.3 Å². The molecule has 3 atom stereocenters. The van der Waals surface area contributed by atoms with E-state index in [2.05, 4.69) is 16.0 Å². The van der Waals surface area contributed by atoms with Gasteiger partial charge in [-0.2, -0.15) is 13.2 Å². The minimum atomic E-state index is -4.50. The largest absolute Gasteiger partial charge is 0.488 e. The Morgan fingerprint density at radius 3 is 2.37 bits per heavy atom. The zero-order chi connectivity index (χ0) is 35.3. The number of likely N-dealkylation sites (N-methyl/N-ethyl adjacent to an activating group) is 1. The summed E-state index contributed by atoms with van der Waals surface area (Å²) in [5, 5.41) is 20.0. The number of carbonyl (C=O) groups excluding carboxylic acids is 3. The summed E-state index contributed by atoms with van der Waals surface area (Å²) in [6.45, 7) is 3.83. The standard InChI is InChI=1S/C36H38F3N5O5/c1-22-19-44(23(2)21-45)33(46)18-25-17-28(41-34(47)40-27-13-11-26(12-14-27)36(37,38)39)15-16-31(25)49-32(22)20-43(3)35(48)42-30-10-6-8-24-7-4-5-9-29(24)30/h4-17,22-23,32,45H,18-21H2,1-3H3,(H,42,48)(H2,40,41,47)/t22-,23-,32-/m0/s1. The average molecular weight is 678 g/mol. The highest BCUT2D eigenvalue weighted by Crippen LogP contribution is 2.31. The fourth-order valence-electron chi connectivity index (χ4n) is 5.66. The smallest absolute Gasteiger partial charge is 0.416 e. The molecule has 4 aromatic carbocycles. The number of carbonyl (C=O) groups is 3. The number of fused-ring (bicyclic) bond motifs is 2. The first-order chi connectivity index (χ1) is 23.3. The van der Waals surface area contributed by atoms with Crippen LogP contribution in [-0.2, 0) is 17.4 Å². The lowest BCUT2D eigenvalue weighted by atomic mass is 10.0. The minimum absolute atomic E-state index is 0.0907. The molecule has 1 aliphatic rings. The van der Waals surface area contributed by atoms with Crippen molar-refractivity contribution in [3.05, 3.63) is 96.1 Å². The normalized spacial score (nSPS) is 17.1. The van der Waals surface area contributed by atoms with Crippen LogP contribution in [0, 0.1) is 5.92 Å². The van der Waals surface area contributed by atoms with Gasteiger partial charge in [-0.25, -0.2) is 9.59 Å². The first kappa shape index (κ1) is 35.0. The number of aliphatic hydroxyl groups excluding tert-OH is 1. The van der Waals surface area contributed by atoms with Gasteiger partial charge in [-0.3, -0.25) is 4.79 Å². The molecular weight excluding hydrogens is 639 g/mol. The van der Waals surface area contributed by atoms with E-state index in [0.717, 1.165) is 35.0 Å². The van der Waals surface area contributed by atoms with Crippen molar-refractivity contribution in [3.63, 3.8) is 0 Å². The number of benzene rings is 4. The maximum Gasteiger partial charge on any atom is 0.416 e. The molecule has 4 N–H and O–H groups in total. The highest BCUT2D eigenvalue weighted by atomic mass is 19.4. The molecule has 0 bridgehead atoms. The summed E-state index contributed by atoms with van der Waals surface area (Å²) < 4.78 is 45.2. The topological polar surface area (TPSA) is 123 Å². The number of halogens is 3. The van der Waals surface area contributed by atoms with Crippen LogP contribution in [0.5, 0.6) is 5.75 Å². The molecule has 5 amide bonds. The highest BCUT2D eigenvalue weighted by Gasteiger charge is 2.32. The van der Waals surface area contributed by atoms with Gasteiger partial charge in [0, 0.05) is 41.8 Å². The zero-order valence-electron chi connectivity index (χ0n) is 27.3. The number of alkyl halides is 3. The lowest BCUT2D eigenvalue weighted by Crippen LogP contribution is -2.48. The molecular formula is C36H38F3N5O5. The summed E-state index contributed by atoms with van der Waals surface area (Å²) in [6, 6.07) is 20.7. The maximum atomic E-state index is 13.6. The van der Waals surface area contributed by atoms with Gasteiger partial charge in [-0.15, -0.1) is 0 Å². The molecule has 0 saturated carbocycles. The number of hydrogen-bond acceptors (Lipinski definition) is 5. The van der Waals surface area contributed by atoms with Crippen molar-refractivity contribution in [1.29, 1.82) is 0 Å². The van der Waals surface area contributed by atoms with E-state index in [1.165, 1.54) is 4.90 Å². The summed E-state index contributed by atoms with van der Waals surface area (Å²) in [7, 11) is 1.66. The van der Waals surface area contributed by atoms with Crippen LogP contribution < -0.4 is 20.7 Å². The molecule has 0 aliphatic carbocycles. The van der Waals surface area contributed by atoms with Gasteiger partial charge in [0.1, 0.15) is 11.9 Å². The Balaban J connectivity index is 1.34. The SMILES string of the molecule is C[C@H]1CN([C@@H](C)CO)C(=O)Cc2cc(NC(=O)Nc3ccc(C(F)(F)F)cc3)ccc2O[C@H]1CN(C)C(=O)Nc1cccc2ccccc12. The van der Waals surface area contributed by atoms with Crippen LogP contribution >= 0.6 is 0 Å². The van der Waals surface area contributed by atoms with E-state index in [4.69, 9.17) is 4.74 Å². The monoisotopic (exact) mass is 677 g/mol. The number of urea groups is 2. The summed E-state index contributed by atoms with van der Waals surface area (Å²) in [4.78, 5) is 42.8.